The number of nitrogens with one attached hydrogen (secondary N) is 1. The van der Waals surface area contributed by atoms with Crippen LogP contribution in [0.3, 0.4) is 0 Å². The van der Waals surface area contributed by atoms with E-state index in [4.69, 9.17) is 27.6 Å². The van der Waals surface area contributed by atoms with Crippen molar-refractivity contribution in [3.8, 4) is 0 Å². The van der Waals surface area contributed by atoms with Gasteiger partial charge in [-0.05, 0) is 38.1 Å². The van der Waals surface area contributed by atoms with E-state index < -0.39 is 21.5 Å². The van der Waals surface area contributed by atoms with Crippen LogP contribution in [0.5, 0.6) is 0 Å². The molecule has 1 aromatic heterocycles. The minimum atomic E-state index is -3.80. The molecule has 2 rings (SSSR count). The van der Waals surface area contributed by atoms with Gasteiger partial charge in [0, 0.05) is 6.04 Å². The number of hydrogen-bond donors (Lipinski definition) is 1. The lowest BCUT2D eigenvalue weighted by Crippen LogP contribution is -2.29. The zero-order valence-electron chi connectivity index (χ0n) is 12.5. The monoisotopic (exact) mass is 375 g/mol. The summed E-state index contributed by atoms with van der Waals surface area (Å²) in [5.74, 6) is -0.658. The van der Waals surface area contributed by atoms with Crippen molar-refractivity contribution in [2.24, 2.45) is 0 Å². The third-order valence-electron chi connectivity index (χ3n) is 2.87. The van der Waals surface area contributed by atoms with E-state index >= 15 is 0 Å². The van der Waals surface area contributed by atoms with Gasteiger partial charge in [-0.3, -0.25) is 4.79 Å². The molecule has 0 fully saturated rings. The van der Waals surface area contributed by atoms with Gasteiger partial charge in [-0.2, -0.15) is 0 Å². The molecule has 0 radical (unpaired) electrons. The van der Waals surface area contributed by atoms with Crippen LogP contribution in [0.2, 0.25) is 10.0 Å². The molecule has 0 atom stereocenters. The number of hydrogen-bond acceptors (Lipinski definition) is 4. The third-order valence-corrected chi connectivity index (χ3v) is 5.45. The second kappa shape index (κ2) is 6.95. The third kappa shape index (κ3) is 4.28. The SMILES string of the molecule is CC(C)NC(=O)c1ccc(CS(=O)(=O)c2c(Cl)cccc2Cl)o1. The molecule has 1 amide bonds. The van der Waals surface area contributed by atoms with Gasteiger partial charge in [0.25, 0.3) is 5.91 Å². The first-order valence-electron chi connectivity index (χ1n) is 6.77. The summed E-state index contributed by atoms with van der Waals surface area (Å²) < 4.78 is 30.2. The Labute approximate surface area is 144 Å². The second-order valence-electron chi connectivity index (χ2n) is 5.20. The summed E-state index contributed by atoms with van der Waals surface area (Å²) in [6.45, 7) is 3.62. The van der Waals surface area contributed by atoms with Crippen LogP contribution in [0.4, 0.5) is 0 Å². The van der Waals surface area contributed by atoms with Crippen LogP contribution in [-0.4, -0.2) is 20.4 Å². The van der Waals surface area contributed by atoms with Crippen LogP contribution in [-0.2, 0) is 15.6 Å². The van der Waals surface area contributed by atoms with Gasteiger partial charge < -0.3 is 9.73 Å². The molecule has 124 valence electrons. The Morgan fingerprint density at radius 3 is 2.35 bits per heavy atom. The smallest absolute Gasteiger partial charge is 0.287 e. The van der Waals surface area contributed by atoms with E-state index in [9.17, 15) is 13.2 Å². The van der Waals surface area contributed by atoms with Crippen LogP contribution >= 0.6 is 23.2 Å². The Hall–Kier alpha value is -1.50. The lowest BCUT2D eigenvalue weighted by Gasteiger charge is -2.07. The van der Waals surface area contributed by atoms with Crippen LogP contribution in [0.1, 0.15) is 30.2 Å². The molecule has 0 aliphatic rings. The topological polar surface area (TPSA) is 76.4 Å². The van der Waals surface area contributed by atoms with Crippen molar-refractivity contribution in [3.05, 3.63) is 51.9 Å². The first-order chi connectivity index (χ1) is 10.7. The number of sulfone groups is 1. The van der Waals surface area contributed by atoms with Gasteiger partial charge >= 0.3 is 0 Å². The highest BCUT2D eigenvalue weighted by molar-refractivity contribution is 7.90. The molecule has 5 nitrogen and oxygen atoms in total. The van der Waals surface area contributed by atoms with Gasteiger partial charge in [-0.15, -0.1) is 0 Å². The average Bonchev–Trinajstić information content (AvgIpc) is 2.85. The van der Waals surface area contributed by atoms with Gasteiger partial charge in [0.1, 0.15) is 16.4 Å². The van der Waals surface area contributed by atoms with E-state index in [1.165, 1.54) is 24.3 Å². The lowest BCUT2D eigenvalue weighted by atomic mass is 10.3. The molecular formula is C15H15Cl2NO4S. The average molecular weight is 376 g/mol. The highest BCUT2D eigenvalue weighted by atomic mass is 35.5. The molecule has 0 aliphatic heterocycles. The summed E-state index contributed by atoms with van der Waals surface area (Å²) in [4.78, 5) is 11.7. The number of amides is 1. The van der Waals surface area contributed by atoms with Gasteiger partial charge in [0.15, 0.2) is 15.6 Å². The molecule has 1 N–H and O–H groups in total. The number of halogens is 2. The maximum Gasteiger partial charge on any atom is 0.287 e. The van der Waals surface area contributed by atoms with Crippen molar-refractivity contribution < 1.29 is 17.6 Å². The quantitative estimate of drug-likeness (QED) is 0.863. The van der Waals surface area contributed by atoms with Crippen molar-refractivity contribution in [1.29, 1.82) is 0 Å². The fourth-order valence-electron chi connectivity index (χ4n) is 1.95. The maximum atomic E-state index is 12.5. The standard InChI is InChI=1S/C15H15Cl2NO4S/c1-9(2)18-15(19)13-7-6-10(22-13)8-23(20,21)14-11(16)4-3-5-12(14)17/h3-7,9H,8H2,1-2H3,(H,18,19). The van der Waals surface area contributed by atoms with Gasteiger partial charge in [-0.1, -0.05) is 29.3 Å². The minimum Gasteiger partial charge on any atom is -0.455 e. The second-order valence-corrected chi connectivity index (χ2v) is 7.94. The van der Waals surface area contributed by atoms with E-state index in [0.717, 1.165) is 0 Å². The highest BCUT2D eigenvalue weighted by Gasteiger charge is 2.24. The highest BCUT2D eigenvalue weighted by Crippen LogP contribution is 2.31. The number of carbonyl (C=O) groups is 1. The molecular weight excluding hydrogens is 361 g/mol. The van der Waals surface area contributed by atoms with E-state index in [-0.39, 0.29) is 32.5 Å². The summed E-state index contributed by atoms with van der Waals surface area (Å²) in [7, 11) is -3.80. The van der Waals surface area contributed by atoms with Crippen molar-refractivity contribution >= 4 is 38.9 Å². The summed E-state index contributed by atoms with van der Waals surface area (Å²) in [6, 6.07) is 7.27. The minimum absolute atomic E-state index is 0.0434. The van der Waals surface area contributed by atoms with E-state index in [2.05, 4.69) is 5.32 Å². The summed E-state index contributed by atoms with van der Waals surface area (Å²) in [6.07, 6.45) is 0. The Bertz CT molecular complexity index is 808. The first kappa shape index (κ1) is 17.8. The molecule has 1 aromatic carbocycles. The molecule has 0 spiro atoms. The molecule has 0 saturated carbocycles. The van der Waals surface area contributed by atoms with Crippen molar-refractivity contribution in [3.63, 3.8) is 0 Å². The maximum absolute atomic E-state index is 12.5. The largest absolute Gasteiger partial charge is 0.455 e. The zero-order chi connectivity index (χ0) is 17.2. The first-order valence-corrected chi connectivity index (χ1v) is 9.18. The Morgan fingerprint density at radius 2 is 1.78 bits per heavy atom. The van der Waals surface area contributed by atoms with Crippen LogP contribution in [0.25, 0.3) is 0 Å². The van der Waals surface area contributed by atoms with Gasteiger partial charge in [0.2, 0.25) is 0 Å². The summed E-state index contributed by atoms with van der Waals surface area (Å²) in [5, 5.41) is 2.75. The molecule has 0 aliphatic carbocycles. The molecule has 2 aromatic rings. The van der Waals surface area contributed by atoms with Crippen LogP contribution in [0, 0.1) is 0 Å². The van der Waals surface area contributed by atoms with E-state index in [1.807, 2.05) is 13.8 Å². The summed E-state index contributed by atoms with van der Waals surface area (Å²) >= 11 is 11.9. The van der Waals surface area contributed by atoms with E-state index in [1.54, 1.807) is 6.07 Å². The zero-order valence-corrected chi connectivity index (χ0v) is 14.8. The van der Waals surface area contributed by atoms with Crippen LogP contribution in [0.15, 0.2) is 39.6 Å². The predicted octanol–water partition coefficient (Wildman–Crippen LogP) is 3.70. The van der Waals surface area contributed by atoms with Crippen molar-refractivity contribution in [2.75, 3.05) is 0 Å². The summed E-state index contributed by atoms with van der Waals surface area (Å²) in [5.41, 5.74) is 0. The van der Waals surface area contributed by atoms with Crippen molar-refractivity contribution in [1.82, 2.24) is 5.32 Å². The molecule has 1 heterocycles. The molecule has 8 heteroatoms. The molecule has 0 unspecified atom stereocenters. The lowest BCUT2D eigenvalue weighted by molar-refractivity contribution is 0.0913. The van der Waals surface area contributed by atoms with Crippen molar-refractivity contribution in [2.45, 2.75) is 30.5 Å². The number of furan rings is 1. The van der Waals surface area contributed by atoms with Gasteiger partial charge in [-0.25, -0.2) is 8.42 Å². The molecule has 23 heavy (non-hydrogen) atoms. The Kier molecular flexibility index (Phi) is 5.39. The molecule has 0 saturated heterocycles. The number of carbonyl (C=O) groups excluding carboxylic acids is 1. The Morgan fingerprint density at radius 1 is 1.17 bits per heavy atom. The fourth-order valence-corrected chi connectivity index (χ4v) is 4.46. The number of rotatable bonds is 5. The Balaban J connectivity index is 2.25. The normalized spacial score (nSPS) is 11.7. The fraction of sp³-hybridized carbons (Fsp3) is 0.267. The van der Waals surface area contributed by atoms with E-state index in [0.29, 0.717) is 0 Å². The number of benzene rings is 1. The van der Waals surface area contributed by atoms with Crippen LogP contribution < -0.4 is 5.32 Å². The van der Waals surface area contributed by atoms with Gasteiger partial charge in [0.05, 0.1) is 10.0 Å². The predicted molar refractivity (Wildman–Crippen MR) is 88.7 cm³/mol. The molecule has 0 bridgehead atoms.